The summed E-state index contributed by atoms with van der Waals surface area (Å²) >= 11 is 4.21. The monoisotopic (exact) mass is 380 g/mol. The molecule has 2 heterocycles. The van der Waals surface area contributed by atoms with Gasteiger partial charge in [-0.3, -0.25) is 0 Å². The smallest absolute Gasteiger partial charge is 0.371 e. The van der Waals surface area contributed by atoms with Gasteiger partial charge >= 0.3 is 5.97 Å². The first-order valence-electron chi connectivity index (χ1n) is 5.25. The van der Waals surface area contributed by atoms with Crippen molar-refractivity contribution in [3.05, 3.63) is 33.1 Å². The van der Waals surface area contributed by atoms with E-state index in [-0.39, 0.29) is 9.56 Å². The third kappa shape index (κ3) is 3.08. The minimum atomic E-state index is -3.92. The lowest BCUT2D eigenvalue weighted by molar-refractivity contribution is 0.0661. The molecule has 0 radical (unpaired) electrons. The fourth-order valence-electron chi connectivity index (χ4n) is 1.44. The Bertz CT molecular complexity index is 723. The minimum Gasteiger partial charge on any atom is -0.475 e. The van der Waals surface area contributed by atoms with Crippen LogP contribution in [0.5, 0.6) is 0 Å². The normalized spacial score (nSPS) is 13.3. The Morgan fingerprint density at radius 3 is 2.80 bits per heavy atom. The third-order valence-electron chi connectivity index (χ3n) is 2.31. The molecule has 2 aromatic rings. The first kappa shape index (κ1) is 15.2. The third-order valence-corrected chi connectivity index (χ3v) is 5.67. The lowest BCUT2D eigenvalue weighted by atomic mass is 10.4. The predicted octanol–water partition coefficient (Wildman–Crippen LogP) is 2.24. The zero-order chi connectivity index (χ0) is 14.9. The molecule has 2 N–H and O–H groups in total. The molecule has 0 aliphatic heterocycles. The summed E-state index contributed by atoms with van der Waals surface area (Å²) < 4.78 is 31.4. The fraction of sp³-hybridized carbons (Fsp3) is 0.200. The second-order valence-corrected chi connectivity index (χ2v) is 7.10. The van der Waals surface area contributed by atoms with Gasteiger partial charge in [0.25, 0.3) is 0 Å². The Balaban J connectivity index is 2.29. The van der Waals surface area contributed by atoms with Gasteiger partial charge in [0, 0.05) is 17.6 Å². The highest BCUT2D eigenvalue weighted by atomic mass is 79.9. The predicted molar refractivity (Wildman–Crippen MR) is 74.2 cm³/mol. The summed E-state index contributed by atoms with van der Waals surface area (Å²) in [7, 11) is -3.92. The van der Waals surface area contributed by atoms with Crippen molar-refractivity contribution in [3.8, 4) is 0 Å². The number of sulfonamides is 1. The van der Waals surface area contributed by atoms with Crippen molar-refractivity contribution >= 4 is 43.3 Å². The van der Waals surface area contributed by atoms with E-state index >= 15 is 0 Å². The standard InChI is InChI=1S/C10H9BrN2O5S2/c1-5(9-12-2-3-19-9)13-20(16,17)7-4-6(10(14)15)18-8(7)11/h2-5,13H,1H3,(H,14,15). The van der Waals surface area contributed by atoms with Gasteiger partial charge in [-0.1, -0.05) is 0 Å². The Hall–Kier alpha value is -1.23. The summed E-state index contributed by atoms with van der Waals surface area (Å²) in [4.78, 5) is 14.5. The van der Waals surface area contributed by atoms with Crippen molar-refractivity contribution in [3.63, 3.8) is 0 Å². The number of hydrogen-bond donors (Lipinski definition) is 2. The molecule has 0 fully saturated rings. The maximum atomic E-state index is 12.2. The summed E-state index contributed by atoms with van der Waals surface area (Å²) in [6.07, 6.45) is 1.57. The average molecular weight is 381 g/mol. The van der Waals surface area contributed by atoms with Gasteiger partial charge in [0.05, 0.1) is 6.04 Å². The maximum Gasteiger partial charge on any atom is 0.371 e. The maximum absolute atomic E-state index is 12.2. The molecule has 10 heteroatoms. The van der Waals surface area contributed by atoms with Gasteiger partial charge < -0.3 is 9.52 Å². The van der Waals surface area contributed by atoms with Gasteiger partial charge in [-0.15, -0.1) is 11.3 Å². The number of carbonyl (C=O) groups is 1. The van der Waals surface area contributed by atoms with Crippen LogP contribution in [0.25, 0.3) is 0 Å². The Kier molecular flexibility index (Phi) is 4.28. The fourth-order valence-corrected chi connectivity index (χ4v) is 4.30. The second-order valence-electron chi connectivity index (χ2n) is 3.77. The molecule has 1 atom stereocenters. The number of halogens is 1. The summed E-state index contributed by atoms with van der Waals surface area (Å²) in [5.74, 6) is -1.81. The number of thiazole rings is 1. The van der Waals surface area contributed by atoms with Gasteiger partial charge in [0.1, 0.15) is 9.90 Å². The number of nitrogens with zero attached hydrogens (tertiary/aromatic N) is 1. The van der Waals surface area contributed by atoms with Crippen LogP contribution in [0.1, 0.15) is 28.5 Å². The molecule has 0 spiro atoms. The van der Waals surface area contributed by atoms with Crippen molar-refractivity contribution in [2.75, 3.05) is 0 Å². The lowest BCUT2D eigenvalue weighted by Gasteiger charge is -2.10. The van der Waals surface area contributed by atoms with E-state index in [0.717, 1.165) is 6.07 Å². The second kappa shape index (κ2) is 5.64. The summed E-state index contributed by atoms with van der Waals surface area (Å²) in [5, 5.41) is 11.1. The van der Waals surface area contributed by atoms with Gasteiger partial charge in [-0.25, -0.2) is 22.9 Å². The van der Waals surface area contributed by atoms with Crippen LogP contribution in [0, 0.1) is 0 Å². The van der Waals surface area contributed by atoms with E-state index in [0.29, 0.717) is 5.01 Å². The van der Waals surface area contributed by atoms with E-state index in [1.165, 1.54) is 11.3 Å². The van der Waals surface area contributed by atoms with Crippen molar-refractivity contribution in [1.29, 1.82) is 0 Å². The van der Waals surface area contributed by atoms with Crippen LogP contribution in [0.15, 0.2) is 31.6 Å². The molecule has 0 bridgehead atoms. The number of hydrogen-bond acceptors (Lipinski definition) is 6. The number of furan rings is 1. The summed E-state index contributed by atoms with van der Waals surface area (Å²) in [6.45, 7) is 1.64. The zero-order valence-corrected chi connectivity index (χ0v) is 13.3. The minimum absolute atomic E-state index is 0.159. The number of aromatic carboxylic acids is 1. The number of carboxylic acid groups (broad SMARTS) is 1. The molecule has 1 unspecified atom stereocenters. The van der Waals surface area contributed by atoms with Crippen LogP contribution in [-0.4, -0.2) is 24.5 Å². The summed E-state index contributed by atoms with van der Waals surface area (Å²) in [5.41, 5.74) is 0. The highest BCUT2D eigenvalue weighted by Gasteiger charge is 2.27. The highest BCUT2D eigenvalue weighted by molar-refractivity contribution is 9.10. The van der Waals surface area contributed by atoms with E-state index in [1.807, 2.05) is 0 Å². The van der Waals surface area contributed by atoms with Crippen LogP contribution in [-0.2, 0) is 10.0 Å². The largest absolute Gasteiger partial charge is 0.475 e. The number of aromatic nitrogens is 1. The molecule has 0 aromatic carbocycles. The Labute approximate surface area is 126 Å². The highest BCUT2D eigenvalue weighted by Crippen LogP contribution is 2.27. The van der Waals surface area contributed by atoms with E-state index < -0.39 is 27.8 Å². The molecule has 108 valence electrons. The Morgan fingerprint density at radius 2 is 2.30 bits per heavy atom. The van der Waals surface area contributed by atoms with Crippen molar-refractivity contribution < 1.29 is 22.7 Å². The molecule has 20 heavy (non-hydrogen) atoms. The van der Waals surface area contributed by atoms with Gasteiger partial charge in [-0.2, -0.15) is 0 Å². The molecule has 2 rings (SSSR count). The van der Waals surface area contributed by atoms with E-state index in [9.17, 15) is 13.2 Å². The lowest BCUT2D eigenvalue weighted by Crippen LogP contribution is -2.26. The Morgan fingerprint density at radius 1 is 1.60 bits per heavy atom. The van der Waals surface area contributed by atoms with Crippen LogP contribution in [0.4, 0.5) is 0 Å². The van der Waals surface area contributed by atoms with E-state index in [1.54, 1.807) is 18.5 Å². The molecule has 2 aromatic heterocycles. The molecule has 0 saturated heterocycles. The van der Waals surface area contributed by atoms with Crippen LogP contribution < -0.4 is 4.72 Å². The SMILES string of the molecule is CC(NS(=O)(=O)c1cc(C(=O)O)oc1Br)c1nccs1. The number of rotatable bonds is 5. The van der Waals surface area contributed by atoms with Crippen molar-refractivity contribution in [2.24, 2.45) is 0 Å². The first-order valence-corrected chi connectivity index (χ1v) is 8.41. The molecule has 0 amide bonds. The molecule has 0 aliphatic rings. The molecule has 7 nitrogen and oxygen atoms in total. The molecular weight excluding hydrogens is 372 g/mol. The van der Waals surface area contributed by atoms with Gasteiger partial charge in [0.2, 0.25) is 15.8 Å². The molecular formula is C10H9BrN2O5S2. The van der Waals surface area contributed by atoms with E-state index in [4.69, 9.17) is 9.52 Å². The van der Waals surface area contributed by atoms with E-state index in [2.05, 4.69) is 25.6 Å². The number of carboxylic acids is 1. The number of nitrogens with one attached hydrogen (secondary N) is 1. The first-order chi connectivity index (χ1) is 9.31. The van der Waals surface area contributed by atoms with Crippen LogP contribution >= 0.6 is 27.3 Å². The van der Waals surface area contributed by atoms with Crippen LogP contribution in [0.2, 0.25) is 0 Å². The van der Waals surface area contributed by atoms with Crippen molar-refractivity contribution in [1.82, 2.24) is 9.71 Å². The summed E-state index contributed by atoms with van der Waals surface area (Å²) in [6, 6.07) is 0.415. The van der Waals surface area contributed by atoms with Crippen molar-refractivity contribution in [2.45, 2.75) is 17.9 Å². The molecule has 0 saturated carbocycles. The average Bonchev–Trinajstić information content (AvgIpc) is 2.96. The van der Waals surface area contributed by atoms with Gasteiger partial charge in [-0.05, 0) is 22.9 Å². The zero-order valence-electron chi connectivity index (χ0n) is 10.0. The van der Waals surface area contributed by atoms with Gasteiger partial charge in [0.15, 0.2) is 4.67 Å². The molecule has 0 aliphatic carbocycles. The topological polar surface area (TPSA) is 110 Å². The van der Waals surface area contributed by atoms with Crippen LogP contribution in [0.3, 0.4) is 0 Å². The quantitative estimate of drug-likeness (QED) is 0.822.